The second kappa shape index (κ2) is 10.6. The van der Waals surface area contributed by atoms with Gasteiger partial charge in [0.25, 0.3) is 0 Å². The maximum Gasteiger partial charge on any atom is 0.341 e. The van der Waals surface area contributed by atoms with E-state index in [1.165, 1.54) is 14.2 Å². The molecule has 0 spiro atoms. The Morgan fingerprint density at radius 3 is 2.61 bits per heavy atom. The van der Waals surface area contributed by atoms with Crippen molar-refractivity contribution in [3.05, 3.63) is 53.6 Å². The van der Waals surface area contributed by atoms with Gasteiger partial charge >= 0.3 is 5.97 Å². The molecule has 1 saturated heterocycles. The molecule has 3 rings (SSSR count). The Balaban J connectivity index is 1.57. The highest BCUT2D eigenvalue weighted by atomic mass is 16.5. The molecule has 1 fully saturated rings. The molecule has 31 heavy (non-hydrogen) atoms. The van der Waals surface area contributed by atoms with E-state index in [2.05, 4.69) is 26.6 Å². The van der Waals surface area contributed by atoms with Gasteiger partial charge in [-0.15, -0.1) is 0 Å². The van der Waals surface area contributed by atoms with Gasteiger partial charge in [-0.2, -0.15) is 0 Å². The van der Waals surface area contributed by atoms with Gasteiger partial charge in [-0.1, -0.05) is 18.2 Å². The molecule has 8 heteroatoms. The number of hydrogen-bond donors (Lipinski definition) is 2. The van der Waals surface area contributed by atoms with Crippen LogP contribution in [0.15, 0.2) is 47.5 Å². The third kappa shape index (κ3) is 5.39. The van der Waals surface area contributed by atoms with E-state index in [4.69, 9.17) is 14.2 Å². The molecule has 1 unspecified atom stereocenters. The van der Waals surface area contributed by atoms with Gasteiger partial charge in [0.05, 0.1) is 27.0 Å². The summed E-state index contributed by atoms with van der Waals surface area (Å²) in [6.45, 7) is 2.35. The average Bonchev–Trinajstić information content (AvgIpc) is 3.29. The molecule has 1 heterocycles. The highest BCUT2D eigenvalue weighted by Gasteiger charge is 2.25. The molecule has 2 N–H and O–H groups in total. The summed E-state index contributed by atoms with van der Waals surface area (Å²) < 4.78 is 15.6. The maximum atomic E-state index is 11.8. The van der Waals surface area contributed by atoms with Crippen LogP contribution in [0.2, 0.25) is 0 Å². The Kier molecular flexibility index (Phi) is 7.59. The normalized spacial score (nSPS) is 16.1. The summed E-state index contributed by atoms with van der Waals surface area (Å²) in [6, 6.07) is 13.7. The van der Waals surface area contributed by atoms with Crippen LogP contribution in [-0.2, 0) is 11.3 Å². The number of hydrogen-bond acceptors (Lipinski definition) is 6. The number of benzene rings is 2. The minimum absolute atomic E-state index is 0.271. The molecular formula is C23H30N4O4. The van der Waals surface area contributed by atoms with Crippen LogP contribution in [0, 0.1) is 0 Å². The number of nitrogens with one attached hydrogen (secondary N) is 2. The molecular weight excluding hydrogens is 396 g/mol. The first-order valence-electron chi connectivity index (χ1n) is 10.2. The number of ether oxygens (including phenoxy) is 3. The zero-order valence-corrected chi connectivity index (χ0v) is 18.5. The van der Waals surface area contributed by atoms with Gasteiger partial charge in [-0.05, 0) is 36.2 Å². The zero-order valence-electron chi connectivity index (χ0n) is 18.5. The fourth-order valence-corrected chi connectivity index (χ4v) is 3.69. The summed E-state index contributed by atoms with van der Waals surface area (Å²) in [5.74, 6) is 1.67. The summed E-state index contributed by atoms with van der Waals surface area (Å²) in [4.78, 5) is 18.5. The van der Waals surface area contributed by atoms with Crippen molar-refractivity contribution in [1.29, 1.82) is 0 Å². The number of rotatable bonds is 7. The second-order valence-electron chi connectivity index (χ2n) is 7.20. The van der Waals surface area contributed by atoms with E-state index < -0.39 is 5.97 Å². The van der Waals surface area contributed by atoms with E-state index in [0.29, 0.717) is 17.9 Å². The molecule has 0 aromatic heterocycles. The number of carbonyl (C=O) groups is 1. The van der Waals surface area contributed by atoms with Crippen molar-refractivity contribution in [2.24, 2.45) is 4.99 Å². The Labute approximate surface area is 183 Å². The summed E-state index contributed by atoms with van der Waals surface area (Å²) >= 11 is 0. The molecule has 1 atom stereocenters. The first-order chi connectivity index (χ1) is 15.1. The smallest absolute Gasteiger partial charge is 0.341 e. The van der Waals surface area contributed by atoms with Crippen molar-refractivity contribution in [3.63, 3.8) is 0 Å². The van der Waals surface area contributed by atoms with E-state index in [9.17, 15) is 4.79 Å². The number of para-hydroxylation sites is 2. The fourth-order valence-electron chi connectivity index (χ4n) is 3.69. The Morgan fingerprint density at radius 2 is 1.90 bits per heavy atom. The van der Waals surface area contributed by atoms with Gasteiger partial charge in [0.1, 0.15) is 17.1 Å². The summed E-state index contributed by atoms with van der Waals surface area (Å²) in [5, 5.41) is 6.82. The van der Waals surface area contributed by atoms with Crippen LogP contribution in [0.4, 0.5) is 5.69 Å². The lowest BCUT2D eigenvalue weighted by molar-refractivity contribution is 0.0597. The zero-order chi connectivity index (χ0) is 22.2. The van der Waals surface area contributed by atoms with Crippen LogP contribution in [0.1, 0.15) is 22.3 Å². The highest BCUT2D eigenvalue weighted by molar-refractivity contribution is 5.92. The Hall–Kier alpha value is -3.42. The summed E-state index contributed by atoms with van der Waals surface area (Å²) in [7, 11) is 6.34. The van der Waals surface area contributed by atoms with Gasteiger partial charge in [0, 0.05) is 32.7 Å². The van der Waals surface area contributed by atoms with Crippen molar-refractivity contribution in [2.45, 2.75) is 19.0 Å². The van der Waals surface area contributed by atoms with E-state index >= 15 is 0 Å². The van der Waals surface area contributed by atoms with Crippen LogP contribution < -0.4 is 25.0 Å². The Morgan fingerprint density at radius 1 is 1.13 bits per heavy atom. The van der Waals surface area contributed by atoms with Crippen molar-refractivity contribution in [2.75, 3.05) is 46.4 Å². The number of nitrogens with zero attached hydrogens (tertiary/aromatic N) is 2. The lowest BCUT2D eigenvalue weighted by atomic mass is 10.1. The maximum absolute atomic E-state index is 11.8. The van der Waals surface area contributed by atoms with Crippen molar-refractivity contribution in [1.82, 2.24) is 10.6 Å². The van der Waals surface area contributed by atoms with Crippen molar-refractivity contribution >= 4 is 17.6 Å². The lowest BCUT2D eigenvalue weighted by Crippen LogP contribution is -2.44. The van der Waals surface area contributed by atoms with Gasteiger partial charge in [-0.3, -0.25) is 4.99 Å². The van der Waals surface area contributed by atoms with Crippen LogP contribution in [0.5, 0.6) is 11.5 Å². The molecule has 0 saturated carbocycles. The molecule has 0 radical (unpaired) electrons. The highest BCUT2D eigenvalue weighted by Crippen LogP contribution is 2.30. The van der Waals surface area contributed by atoms with Crippen LogP contribution in [0.25, 0.3) is 0 Å². The predicted molar refractivity (Wildman–Crippen MR) is 121 cm³/mol. The number of carbonyl (C=O) groups excluding carboxylic acids is 1. The average molecular weight is 427 g/mol. The minimum Gasteiger partial charge on any atom is -0.496 e. The predicted octanol–water partition coefficient (Wildman–Crippen LogP) is 2.43. The molecule has 166 valence electrons. The molecule has 2 aromatic rings. The van der Waals surface area contributed by atoms with Gasteiger partial charge in [-0.25, -0.2) is 4.79 Å². The SMILES string of the molecule is CN=C(NCc1ccc(C(=O)OC)c(OC)c1)NC1CCN(c2ccccc2OC)C1. The standard InChI is InChI=1S/C23H30N4O4/c1-24-23(25-14-16-9-10-18(22(28)31-4)21(13-16)30-3)26-17-11-12-27(15-17)19-7-5-6-8-20(19)29-2/h5-10,13,17H,11-12,14-15H2,1-4H3,(H2,24,25,26). The number of esters is 1. The number of aliphatic imine (C=N–C) groups is 1. The molecule has 0 amide bonds. The number of guanidine groups is 1. The summed E-state index contributed by atoms with van der Waals surface area (Å²) in [5.41, 5.74) is 2.48. The minimum atomic E-state index is -0.422. The number of methoxy groups -OCH3 is 3. The fraction of sp³-hybridized carbons (Fsp3) is 0.391. The topological polar surface area (TPSA) is 84.4 Å². The molecule has 0 aliphatic carbocycles. The van der Waals surface area contributed by atoms with Crippen LogP contribution >= 0.6 is 0 Å². The quantitative estimate of drug-likeness (QED) is 0.400. The van der Waals surface area contributed by atoms with Gasteiger partial charge < -0.3 is 29.7 Å². The molecule has 1 aliphatic heterocycles. The Bertz CT molecular complexity index is 932. The van der Waals surface area contributed by atoms with Gasteiger partial charge in [0.15, 0.2) is 5.96 Å². The van der Waals surface area contributed by atoms with Crippen molar-refractivity contribution < 1.29 is 19.0 Å². The lowest BCUT2D eigenvalue weighted by Gasteiger charge is -2.22. The molecule has 8 nitrogen and oxygen atoms in total. The third-order valence-corrected chi connectivity index (χ3v) is 5.31. The van der Waals surface area contributed by atoms with Crippen LogP contribution in [0.3, 0.4) is 0 Å². The number of anilines is 1. The van der Waals surface area contributed by atoms with Crippen LogP contribution in [-0.4, -0.2) is 59.4 Å². The van der Waals surface area contributed by atoms with E-state index in [0.717, 1.165) is 42.5 Å². The largest absolute Gasteiger partial charge is 0.496 e. The molecule has 1 aliphatic rings. The van der Waals surface area contributed by atoms with E-state index in [1.54, 1.807) is 20.2 Å². The third-order valence-electron chi connectivity index (χ3n) is 5.31. The van der Waals surface area contributed by atoms with Gasteiger partial charge in [0.2, 0.25) is 0 Å². The second-order valence-corrected chi connectivity index (χ2v) is 7.20. The molecule has 2 aromatic carbocycles. The monoisotopic (exact) mass is 426 g/mol. The van der Waals surface area contributed by atoms with E-state index in [1.807, 2.05) is 30.3 Å². The summed E-state index contributed by atoms with van der Waals surface area (Å²) in [6.07, 6.45) is 1.00. The van der Waals surface area contributed by atoms with E-state index in [-0.39, 0.29) is 6.04 Å². The molecule has 0 bridgehead atoms. The first-order valence-corrected chi connectivity index (χ1v) is 10.2. The first kappa shape index (κ1) is 22.3. The van der Waals surface area contributed by atoms with Crippen molar-refractivity contribution in [3.8, 4) is 11.5 Å².